The van der Waals surface area contributed by atoms with E-state index in [1.54, 1.807) is 37.3 Å². The molecule has 0 aliphatic carbocycles. The van der Waals surface area contributed by atoms with Crippen molar-refractivity contribution in [3.8, 4) is 11.3 Å². The van der Waals surface area contributed by atoms with E-state index in [9.17, 15) is 22.4 Å². The van der Waals surface area contributed by atoms with Gasteiger partial charge in [0.25, 0.3) is 0 Å². The Hall–Kier alpha value is -2.94. The molecule has 1 aliphatic heterocycles. The van der Waals surface area contributed by atoms with E-state index < -0.39 is 33.5 Å². The molecule has 160 valence electrons. The van der Waals surface area contributed by atoms with Crippen molar-refractivity contribution in [2.45, 2.75) is 19.4 Å². The predicted molar refractivity (Wildman–Crippen MR) is 111 cm³/mol. The highest BCUT2D eigenvalue weighted by molar-refractivity contribution is 7.91. The van der Waals surface area contributed by atoms with E-state index in [0.29, 0.717) is 30.0 Å². The summed E-state index contributed by atoms with van der Waals surface area (Å²) < 4.78 is 42.4. The summed E-state index contributed by atoms with van der Waals surface area (Å²) in [4.78, 5) is 25.9. The fourth-order valence-electron chi connectivity index (χ4n) is 3.21. The van der Waals surface area contributed by atoms with Crippen LogP contribution in [0.1, 0.15) is 19.1 Å². The maximum atomic E-state index is 13.8. The minimum Gasteiger partial charge on any atom is -0.457 e. The third kappa shape index (κ3) is 5.56. The number of likely N-dealkylation sites (N-methyl/N-ethyl adjacent to an activating group) is 1. The number of carbonyl (C=O) groups excluding carboxylic acids is 2. The van der Waals surface area contributed by atoms with Gasteiger partial charge in [0.2, 0.25) is 11.8 Å². The standard InChI is InChI=1S/C21H23FN2O5S/c1-2-24(13-20(25)23-15-11-12-30(27,28)14-15)21(26)10-8-16-7-9-19(29-16)17-5-3-4-6-18(17)22/h3-10,15H,2,11-14H2,1H3,(H,23,25)/b10-8+. The van der Waals surface area contributed by atoms with E-state index >= 15 is 0 Å². The Kier molecular flexibility index (Phi) is 6.71. The van der Waals surface area contributed by atoms with Crippen LogP contribution in [0.25, 0.3) is 17.4 Å². The van der Waals surface area contributed by atoms with Gasteiger partial charge < -0.3 is 14.6 Å². The number of rotatable bonds is 7. The zero-order valence-corrected chi connectivity index (χ0v) is 17.3. The highest BCUT2D eigenvalue weighted by atomic mass is 32.2. The molecule has 2 heterocycles. The fraction of sp³-hybridized carbons (Fsp3) is 0.333. The lowest BCUT2D eigenvalue weighted by molar-refractivity contribution is -0.132. The summed E-state index contributed by atoms with van der Waals surface area (Å²) in [6.07, 6.45) is 3.12. The highest BCUT2D eigenvalue weighted by Crippen LogP contribution is 2.25. The highest BCUT2D eigenvalue weighted by Gasteiger charge is 2.29. The zero-order valence-electron chi connectivity index (χ0n) is 16.5. The van der Waals surface area contributed by atoms with Crippen molar-refractivity contribution in [3.63, 3.8) is 0 Å². The molecule has 2 aromatic rings. The van der Waals surface area contributed by atoms with Crippen molar-refractivity contribution >= 4 is 27.7 Å². The smallest absolute Gasteiger partial charge is 0.247 e. The molecule has 2 amide bonds. The number of halogens is 1. The number of furan rings is 1. The summed E-state index contributed by atoms with van der Waals surface area (Å²) in [6.45, 7) is 1.87. The van der Waals surface area contributed by atoms with E-state index in [0.717, 1.165) is 0 Å². The van der Waals surface area contributed by atoms with E-state index in [1.807, 2.05) is 0 Å². The van der Waals surface area contributed by atoms with Crippen LogP contribution in [-0.4, -0.2) is 55.8 Å². The van der Waals surface area contributed by atoms with Crippen molar-refractivity contribution in [3.05, 3.63) is 54.1 Å². The molecule has 1 aliphatic rings. The van der Waals surface area contributed by atoms with E-state index in [-0.39, 0.29) is 18.1 Å². The molecule has 1 unspecified atom stereocenters. The normalized spacial score (nSPS) is 17.9. The van der Waals surface area contributed by atoms with Crippen LogP contribution in [0.5, 0.6) is 0 Å². The van der Waals surface area contributed by atoms with Crippen LogP contribution >= 0.6 is 0 Å². The average Bonchev–Trinajstić information content (AvgIpc) is 3.30. The van der Waals surface area contributed by atoms with Gasteiger partial charge >= 0.3 is 0 Å². The zero-order chi connectivity index (χ0) is 21.7. The van der Waals surface area contributed by atoms with Gasteiger partial charge in [-0.15, -0.1) is 0 Å². The number of sulfone groups is 1. The Balaban J connectivity index is 1.58. The number of carbonyl (C=O) groups is 2. The van der Waals surface area contributed by atoms with Gasteiger partial charge in [0.1, 0.15) is 17.3 Å². The van der Waals surface area contributed by atoms with Gasteiger partial charge in [-0.25, -0.2) is 12.8 Å². The van der Waals surface area contributed by atoms with Gasteiger partial charge in [-0.3, -0.25) is 9.59 Å². The number of benzene rings is 1. The van der Waals surface area contributed by atoms with Gasteiger partial charge in [0, 0.05) is 18.7 Å². The second kappa shape index (κ2) is 9.25. The predicted octanol–water partition coefficient (Wildman–Crippen LogP) is 2.25. The first-order chi connectivity index (χ1) is 14.3. The first-order valence-electron chi connectivity index (χ1n) is 9.59. The van der Waals surface area contributed by atoms with Gasteiger partial charge in [-0.05, 0) is 43.7 Å². The Morgan fingerprint density at radius 3 is 2.70 bits per heavy atom. The van der Waals surface area contributed by atoms with E-state index in [1.165, 1.54) is 23.1 Å². The Morgan fingerprint density at radius 2 is 2.03 bits per heavy atom. The van der Waals surface area contributed by atoms with Crippen molar-refractivity contribution in [1.29, 1.82) is 0 Å². The number of hydrogen-bond donors (Lipinski definition) is 1. The number of nitrogens with zero attached hydrogens (tertiary/aromatic N) is 1. The third-order valence-corrected chi connectivity index (χ3v) is 6.55. The van der Waals surface area contributed by atoms with Crippen LogP contribution in [-0.2, 0) is 19.4 Å². The van der Waals surface area contributed by atoms with Crippen molar-refractivity contribution in [2.24, 2.45) is 0 Å². The van der Waals surface area contributed by atoms with Gasteiger partial charge in [0.05, 0.1) is 23.6 Å². The molecule has 1 saturated heterocycles. The summed E-state index contributed by atoms with van der Waals surface area (Å²) in [7, 11) is -3.09. The summed E-state index contributed by atoms with van der Waals surface area (Å²) in [6, 6.07) is 9.04. The average molecular weight is 434 g/mol. The monoisotopic (exact) mass is 434 g/mol. The van der Waals surface area contributed by atoms with Crippen LogP contribution in [0, 0.1) is 5.82 Å². The molecule has 1 atom stereocenters. The topological polar surface area (TPSA) is 96.7 Å². The molecule has 1 aromatic carbocycles. The van der Waals surface area contributed by atoms with Gasteiger partial charge in [-0.1, -0.05) is 12.1 Å². The summed E-state index contributed by atoms with van der Waals surface area (Å²) in [5.41, 5.74) is 0.323. The third-order valence-electron chi connectivity index (χ3n) is 4.78. The van der Waals surface area contributed by atoms with Crippen LogP contribution in [0.4, 0.5) is 4.39 Å². The first kappa shape index (κ1) is 21.8. The molecule has 9 heteroatoms. The first-order valence-corrected chi connectivity index (χ1v) is 11.4. The molecule has 7 nitrogen and oxygen atoms in total. The van der Waals surface area contributed by atoms with Gasteiger partial charge in [-0.2, -0.15) is 0 Å². The van der Waals surface area contributed by atoms with Crippen LogP contribution in [0.2, 0.25) is 0 Å². The summed E-state index contributed by atoms with van der Waals surface area (Å²) in [5, 5.41) is 2.66. The second-order valence-electron chi connectivity index (χ2n) is 7.04. The molecule has 1 fully saturated rings. The maximum Gasteiger partial charge on any atom is 0.247 e. The lowest BCUT2D eigenvalue weighted by atomic mass is 10.1. The van der Waals surface area contributed by atoms with Gasteiger partial charge in [0.15, 0.2) is 9.84 Å². The quantitative estimate of drug-likeness (QED) is 0.675. The van der Waals surface area contributed by atoms with Crippen molar-refractivity contribution < 1.29 is 26.8 Å². The number of amides is 2. The molecule has 30 heavy (non-hydrogen) atoms. The van der Waals surface area contributed by atoms with Crippen molar-refractivity contribution in [2.75, 3.05) is 24.6 Å². The molecule has 0 saturated carbocycles. The number of nitrogens with one attached hydrogen (secondary N) is 1. The van der Waals surface area contributed by atoms with Crippen LogP contribution < -0.4 is 5.32 Å². The summed E-state index contributed by atoms with van der Waals surface area (Å²) in [5.74, 6) is -0.485. The van der Waals surface area contributed by atoms with E-state index in [4.69, 9.17) is 4.42 Å². The minimum absolute atomic E-state index is 0.0646. The van der Waals surface area contributed by atoms with E-state index in [2.05, 4.69) is 5.32 Å². The fourth-order valence-corrected chi connectivity index (χ4v) is 4.88. The maximum absolute atomic E-state index is 13.8. The number of hydrogen-bond acceptors (Lipinski definition) is 5. The molecule has 0 radical (unpaired) electrons. The Labute approximate surface area is 174 Å². The molecular formula is C21H23FN2O5S. The SMILES string of the molecule is CCN(CC(=O)NC1CCS(=O)(=O)C1)C(=O)/C=C/c1ccc(-c2ccccc2F)o1. The lowest BCUT2D eigenvalue weighted by Gasteiger charge is -2.20. The molecule has 0 spiro atoms. The van der Waals surface area contributed by atoms with Crippen LogP contribution in [0.15, 0.2) is 46.9 Å². The molecule has 1 aromatic heterocycles. The summed E-state index contributed by atoms with van der Waals surface area (Å²) >= 11 is 0. The molecule has 0 bridgehead atoms. The largest absolute Gasteiger partial charge is 0.457 e. The molecule has 1 N–H and O–H groups in total. The Morgan fingerprint density at radius 1 is 1.27 bits per heavy atom. The minimum atomic E-state index is -3.09. The lowest BCUT2D eigenvalue weighted by Crippen LogP contribution is -2.44. The molecular weight excluding hydrogens is 411 g/mol. The van der Waals surface area contributed by atoms with Crippen molar-refractivity contribution in [1.82, 2.24) is 10.2 Å². The molecule has 3 rings (SSSR count). The van der Waals surface area contributed by atoms with Crippen LogP contribution in [0.3, 0.4) is 0 Å². The second-order valence-corrected chi connectivity index (χ2v) is 9.26. The Bertz CT molecular complexity index is 1060.